The topological polar surface area (TPSA) is 37.3 Å². The number of nitrogens with zero attached hydrogens (tertiary/aromatic N) is 1. The molecule has 0 atom stereocenters. The fourth-order valence-corrected chi connectivity index (χ4v) is 2.32. The summed E-state index contributed by atoms with van der Waals surface area (Å²) in [6.07, 6.45) is 0.0930. The maximum absolute atomic E-state index is 10.5. The van der Waals surface area contributed by atoms with Gasteiger partial charge in [0.2, 0.25) is 0 Å². The summed E-state index contributed by atoms with van der Waals surface area (Å²) in [4.78, 5) is 10.5. The molecular weight excluding hydrogens is 226 g/mol. The first-order valence-electron chi connectivity index (χ1n) is 5.40. The first-order valence-corrected chi connectivity index (χ1v) is 5.93. The molecule has 4 heteroatoms. The van der Waals surface area contributed by atoms with Crippen LogP contribution in [0.5, 0.6) is 0 Å². The molecule has 0 radical (unpaired) electrons. The SMILES string of the molecule is O=C(O)Cc1ccc([N+]2(CCCl)CC2)cc1. The average Bonchev–Trinajstić information content (AvgIpc) is 2.99. The Kier molecular flexibility index (Phi) is 3.17. The van der Waals surface area contributed by atoms with Gasteiger partial charge in [-0.05, 0) is 17.7 Å². The Bertz CT molecular complexity index is 385. The largest absolute Gasteiger partial charge is 0.481 e. The minimum Gasteiger partial charge on any atom is -0.481 e. The van der Waals surface area contributed by atoms with Gasteiger partial charge >= 0.3 is 5.97 Å². The highest BCUT2D eigenvalue weighted by molar-refractivity contribution is 6.18. The lowest BCUT2D eigenvalue weighted by Crippen LogP contribution is -2.28. The molecule has 1 aromatic rings. The number of rotatable bonds is 5. The Balaban J connectivity index is 2.10. The summed E-state index contributed by atoms with van der Waals surface area (Å²) in [7, 11) is 0. The van der Waals surface area contributed by atoms with Gasteiger partial charge in [0.05, 0.1) is 18.8 Å². The maximum atomic E-state index is 10.5. The Hall–Kier alpha value is -1.06. The van der Waals surface area contributed by atoms with Gasteiger partial charge in [-0.3, -0.25) is 9.28 Å². The first kappa shape index (κ1) is 11.4. The second-order valence-electron chi connectivity index (χ2n) is 4.24. The molecule has 0 aromatic heterocycles. The zero-order chi connectivity index (χ0) is 11.6. The van der Waals surface area contributed by atoms with E-state index in [0.29, 0.717) is 5.88 Å². The van der Waals surface area contributed by atoms with Crippen molar-refractivity contribution in [3.05, 3.63) is 29.8 Å². The van der Waals surface area contributed by atoms with Gasteiger partial charge in [-0.15, -0.1) is 11.6 Å². The van der Waals surface area contributed by atoms with Crippen LogP contribution in [0.25, 0.3) is 0 Å². The molecule has 16 heavy (non-hydrogen) atoms. The van der Waals surface area contributed by atoms with E-state index in [9.17, 15) is 4.79 Å². The van der Waals surface area contributed by atoms with Gasteiger partial charge < -0.3 is 5.11 Å². The van der Waals surface area contributed by atoms with Crippen molar-refractivity contribution in [2.45, 2.75) is 6.42 Å². The van der Waals surface area contributed by atoms with Crippen molar-refractivity contribution in [3.8, 4) is 0 Å². The molecule has 2 rings (SSSR count). The molecule has 86 valence electrons. The fourth-order valence-electron chi connectivity index (χ4n) is 2.00. The van der Waals surface area contributed by atoms with Crippen LogP contribution in [-0.4, -0.2) is 36.6 Å². The van der Waals surface area contributed by atoms with Crippen molar-refractivity contribution in [1.29, 1.82) is 0 Å². The van der Waals surface area contributed by atoms with E-state index >= 15 is 0 Å². The van der Waals surface area contributed by atoms with Gasteiger partial charge in [0.25, 0.3) is 0 Å². The van der Waals surface area contributed by atoms with Gasteiger partial charge in [0.15, 0.2) is 0 Å². The molecule has 1 aliphatic rings. The van der Waals surface area contributed by atoms with E-state index in [1.807, 2.05) is 24.3 Å². The monoisotopic (exact) mass is 240 g/mol. The van der Waals surface area contributed by atoms with Gasteiger partial charge in [0.1, 0.15) is 18.8 Å². The van der Waals surface area contributed by atoms with Gasteiger partial charge in [-0.1, -0.05) is 12.1 Å². The predicted molar refractivity (Wildman–Crippen MR) is 64.9 cm³/mol. The Morgan fingerprint density at radius 2 is 1.94 bits per heavy atom. The van der Waals surface area contributed by atoms with E-state index in [0.717, 1.165) is 29.7 Å². The number of hydrogen-bond acceptors (Lipinski definition) is 1. The molecule has 1 aliphatic heterocycles. The second kappa shape index (κ2) is 4.44. The van der Waals surface area contributed by atoms with Crippen molar-refractivity contribution in [2.24, 2.45) is 0 Å². The lowest BCUT2D eigenvalue weighted by Gasteiger charge is -2.16. The molecule has 0 unspecified atom stereocenters. The third kappa shape index (κ3) is 2.36. The molecule has 0 bridgehead atoms. The van der Waals surface area contributed by atoms with E-state index in [1.54, 1.807) is 0 Å². The molecule has 1 N–H and O–H groups in total. The van der Waals surface area contributed by atoms with Crippen molar-refractivity contribution in [1.82, 2.24) is 4.48 Å². The summed E-state index contributed by atoms with van der Waals surface area (Å²) in [5.41, 5.74) is 2.09. The molecule has 0 aliphatic carbocycles. The summed E-state index contributed by atoms with van der Waals surface area (Å²) in [5, 5.41) is 8.67. The van der Waals surface area contributed by atoms with Crippen LogP contribution in [-0.2, 0) is 11.2 Å². The van der Waals surface area contributed by atoms with Crippen molar-refractivity contribution < 1.29 is 9.90 Å². The molecule has 0 spiro atoms. The number of aliphatic carboxylic acids is 1. The van der Waals surface area contributed by atoms with Crippen molar-refractivity contribution in [3.63, 3.8) is 0 Å². The first-order chi connectivity index (χ1) is 7.66. The van der Waals surface area contributed by atoms with Crippen LogP contribution in [0.15, 0.2) is 24.3 Å². The van der Waals surface area contributed by atoms with Crippen LogP contribution in [0.4, 0.5) is 5.69 Å². The smallest absolute Gasteiger partial charge is 0.307 e. The van der Waals surface area contributed by atoms with Crippen LogP contribution >= 0.6 is 11.6 Å². The van der Waals surface area contributed by atoms with Crippen LogP contribution in [0.1, 0.15) is 5.56 Å². The zero-order valence-corrected chi connectivity index (χ0v) is 9.78. The van der Waals surface area contributed by atoms with Gasteiger partial charge in [-0.25, -0.2) is 0 Å². The molecule has 0 saturated carbocycles. The van der Waals surface area contributed by atoms with Crippen LogP contribution in [0.3, 0.4) is 0 Å². The molecular formula is C12H15ClNO2+. The zero-order valence-electron chi connectivity index (χ0n) is 9.03. The van der Waals surface area contributed by atoms with E-state index in [2.05, 4.69) is 0 Å². The Morgan fingerprint density at radius 1 is 1.31 bits per heavy atom. The Morgan fingerprint density at radius 3 is 2.38 bits per heavy atom. The minimum atomic E-state index is -0.788. The Labute approximate surface area is 99.8 Å². The summed E-state index contributed by atoms with van der Waals surface area (Å²) < 4.78 is 0.955. The lowest BCUT2D eigenvalue weighted by molar-refractivity contribution is -0.136. The number of carboxylic acids is 1. The number of halogens is 1. The number of carbonyl (C=O) groups is 1. The number of alkyl halides is 1. The van der Waals surface area contributed by atoms with Gasteiger partial charge in [-0.2, -0.15) is 0 Å². The van der Waals surface area contributed by atoms with E-state index in [4.69, 9.17) is 16.7 Å². The molecule has 0 amide bonds. The number of hydrogen-bond donors (Lipinski definition) is 1. The second-order valence-corrected chi connectivity index (χ2v) is 4.62. The molecule has 3 nitrogen and oxygen atoms in total. The summed E-state index contributed by atoms with van der Waals surface area (Å²) in [5.74, 6) is -0.124. The maximum Gasteiger partial charge on any atom is 0.307 e. The summed E-state index contributed by atoms with van der Waals surface area (Å²) in [6, 6.07) is 7.85. The van der Waals surface area contributed by atoms with Gasteiger partial charge in [0, 0.05) is 0 Å². The van der Waals surface area contributed by atoms with E-state index in [1.165, 1.54) is 5.69 Å². The normalized spacial score (nSPS) is 17.1. The third-order valence-corrected chi connectivity index (χ3v) is 3.28. The minimum absolute atomic E-state index is 0.0930. The third-order valence-electron chi connectivity index (χ3n) is 3.12. The lowest BCUT2D eigenvalue weighted by atomic mass is 10.1. The van der Waals surface area contributed by atoms with Crippen LogP contribution < -0.4 is 4.48 Å². The summed E-state index contributed by atoms with van der Waals surface area (Å²) in [6.45, 7) is 3.25. The predicted octanol–water partition coefficient (Wildman–Crippen LogP) is 1.87. The van der Waals surface area contributed by atoms with Crippen molar-refractivity contribution >= 4 is 23.3 Å². The molecule has 1 heterocycles. The number of benzene rings is 1. The van der Waals surface area contributed by atoms with Crippen LogP contribution in [0.2, 0.25) is 0 Å². The van der Waals surface area contributed by atoms with Crippen molar-refractivity contribution in [2.75, 3.05) is 25.5 Å². The van der Waals surface area contributed by atoms with E-state index < -0.39 is 5.97 Å². The molecule has 1 aromatic carbocycles. The standard InChI is InChI=1S/C12H14ClNO2/c13-5-6-14(7-8-14)11-3-1-10(2-4-11)9-12(15)16/h1-4H,5-9H2/p+1. The van der Waals surface area contributed by atoms with E-state index in [-0.39, 0.29) is 6.42 Å². The number of quaternary nitrogens is 1. The highest BCUT2D eigenvalue weighted by Gasteiger charge is 2.43. The fraction of sp³-hybridized carbons (Fsp3) is 0.417. The molecule has 1 fully saturated rings. The summed E-state index contributed by atoms with van der Waals surface area (Å²) >= 11 is 5.78. The van der Waals surface area contributed by atoms with Crippen LogP contribution in [0, 0.1) is 0 Å². The highest BCUT2D eigenvalue weighted by atomic mass is 35.5. The quantitative estimate of drug-likeness (QED) is 0.485. The molecule has 1 saturated heterocycles. The highest BCUT2D eigenvalue weighted by Crippen LogP contribution is 2.32. The average molecular weight is 241 g/mol. The number of carboxylic acid groups (broad SMARTS) is 1.